The molecule has 1 aromatic carbocycles. The maximum Gasteiger partial charge on any atom is 0.313 e. The van der Waals surface area contributed by atoms with Crippen molar-refractivity contribution in [3.05, 3.63) is 48.0 Å². The predicted molar refractivity (Wildman–Crippen MR) is 71.8 cm³/mol. The van der Waals surface area contributed by atoms with E-state index < -0.39 is 11.8 Å². The number of benzene rings is 1. The van der Waals surface area contributed by atoms with E-state index in [1.54, 1.807) is 6.08 Å². The number of hydrogen-bond donors (Lipinski definition) is 0. The monoisotopic (exact) mass is 272 g/mol. The Hall–Kier alpha value is -2.10. The molecule has 0 spiro atoms. The summed E-state index contributed by atoms with van der Waals surface area (Å²) in [6, 6.07) is 9.98. The van der Waals surface area contributed by atoms with Crippen molar-refractivity contribution in [2.75, 3.05) is 13.7 Å². The summed E-state index contributed by atoms with van der Waals surface area (Å²) in [4.78, 5) is 23.8. The minimum Gasteiger partial charge on any atom is -0.469 e. The first-order valence-electron chi connectivity index (χ1n) is 6.70. The first-order chi connectivity index (χ1) is 9.72. The van der Waals surface area contributed by atoms with E-state index in [1.165, 1.54) is 7.11 Å². The van der Waals surface area contributed by atoms with E-state index in [2.05, 4.69) is 0 Å². The second-order valence-corrected chi connectivity index (χ2v) is 5.19. The molecule has 104 valence electrons. The number of cyclic esters (lactones) is 1. The van der Waals surface area contributed by atoms with E-state index in [1.807, 2.05) is 36.4 Å². The lowest BCUT2D eigenvalue weighted by Crippen LogP contribution is -2.36. The molecule has 4 heteroatoms. The van der Waals surface area contributed by atoms with E-state index >= 15 is 0 Å². The molecule has 1 heterocycles. The molecule has 1 aliphatic heterocycles. The molecule has 20 heavy (non-hydrogen) atoms. The first kappa shape index (κ1) is 12.9. The highest BCUT2D eigenvalue weighted by atomic mass is 16.5. The fourth-order valence-electron chi connectivity index (χ4n) is 3.19. The standard InChI is InChI=1S/C16H16O4/c1-19-15(17)12-8-7-11(10-5-3-2-4-6-10)13-9-20-16(18)14(12)13/h2-8,11-14H,9H2,1H3/t11-,12-,13-,14+/m1/s1. The molecule has 2 aliphatic rings. The summed E-state index contributed by atoms with van der Waals surface area (Å²) < 4.78 is 9.98. The highest BCUT2D eigenvalue weighted by Gasteiger charge is 2.49. The molecule has 3 rings (SSSR count). The number of hydrogen-bond acceptors (Lipinski definition) is 4. The Morgan fingerprint density at radius 2 is 2.00 bits per heavy atom. The molecule has 1 aromatic rings. The van der Waals surface area contributed by atoms with Gasteiger partial charge in [0.25, 0.3) is 0 Å². The van der Waals surface area contributed by atoms with Crippen LogP contribution in [-0.4, -0.2) is 25.7 Å². The highest BCUT2D eigenvalue weighted by molar-refractivity contribution is 5.85. The van der Waals surface area contributed by atoms with Gasteiger partial charge in [0, 0.05) is 11.8 Å². The molecule has 0 amide bonds. The lowest BCUT2D eigenvalue weighted by atomic mass is 9.70. The molecule has 4 nitrogen and oxygen atoms in total. The number of methoxy groups -OCH3 is 1. The zero-order valence-corrected chi connectivity index (χ0v) is 11.2. The Balaban J connectivity index is 1.97. The maximum absolute atomic E-state index is 12.0. The van der Waals surface area contributed by atoms with Crippen molar-refractivity contribution in [1.82, 2.24) is 0 Å². The quantitative estimate of drug-likeness (QED) is 0.609. The van der Waals surface area contributed by atoms with Gasteiger partial charge in [-0.05, 0) is 5.56 Å². The van der Waals surface area contributed by atoms with Gasteiger partial charge in [-0.3, -0.25) is 9.59 Å². The normalized spacial score (nSPS) is 31.6. The predicted octanol–water partition coefficient (Wildman–Crippen LogP) is 1.92. The molecule has 0 N–H and O–H groups in total. The number of rotatable bonds is 2. The lowest BCUT2D eigenvalue weighted by molar-refractivity contribution is -0.152. The van der Waals surface area contributed by atoms with Crippen LogP contribution in [0.25, 0.3) is 0 Å². The number of esters is 2. The first-order valence-corrected chi connectivity index (χ1v) is 6.70. The number of carbonyl (C=O) groups excluding carboxylic acids is 2. The summed E-state index contributed by atoms with van der Waals surface area (Å²) in [6.07, 6.45) is 3.79. The fraction of sp³-hybridized carbons (Fsp3) is 0.375. The second-order valence-electron chi connectivity index (χ2n) is 5.19. The molecule has 0 unspecified atom stereocenters. The van der Waals surface area contributed by atoms with Crippen molar-refractivity contribution in [2.24, 2.45) is 17.8 Å². The van der Waals surface area contributed by atoms with Crippen molar-refractivity contribution in [2.45, 2.75) is 5.92 Å². The SMILES string of the molecule is COC(=O)[C@@H]1C=C[C@H](c2ccccc2)[C@H]2COC(=O)[C@H]21. The van der Waals surface area contributed by atoms with Crippen molar-refractivity contribution in [1.29, 1.82) is 0 Å². The molecule has 1 aliphatic carbocycles. The van der Waals surface area contributed by atoms with Crippen LogP contribution in [0.15, 0.2) is 42.5 Å². The van der Waals surface area contributed by atoms with E-state index in [0.717, 1.165) is 5.56 Å². The highest BCUT2D eigenvalue weighted by Crippen LogP contribution is 2.44. The average Bonchev–Trinajstić information content (AvgIpc) is 2.89. The Morgan fingerprint density at radius 3 is 2.70 bits per heavy atom. The van der Waals surface area contributed by atoms with Crippen LogP contribution in [0, 0.1) is 17.8 Å². The third-order valence-electron chi connectivity index (χ3n) is 4.18. The zero-order chi connectivity index (χ0) is 14.1. The van der Waals surface area contributed by atoms with E-state index in [-0.39, 0.29) is 23.8 Å². The molecular weight excluding hydrogens is 256 g/mol. The molecule has 4 atom stereocenters. The van der Waals surface area contributed by atoms with Crippen LogP contribution >= 0.6 is 0 Å². The molecule has 0 radical (unpaired) electrons. The van der Waals surface area contributed by atoms with Crippen molar-refractivity contribution >= 4 is 11.9 Å². The third-order valence-corrected chi connectivity index (χ3v) is 4.18. The molecule has 0 aromatic heterocycles. The van der Waals surface area contributed by atoms with Crippen molar-refractivity contribution < 1.29 is 19.1 Å². The Labute approximate surface area is 117 Å². The van der Waals surface area contributed by atoms with Crippen molar-refractivity contribution in [3.8, 4) is 0 Å². The number of carbonyl (C=O) groups is 2. The Kier molecular flexibility index (Phi) is 3.30. The summed E-state index contributed by atoms with van der Waals surface area (Å²) >= 11 is 0. The van der Waals surface area contributed by atoms with Gasteiger partial charge >= 0.3 is 11.9 Å². The third kappa shape index (κ3) is 2.01. The van der Waals surface area contributed by atoms with Gasteiger partial charge in [0.2, 0.25) is 0 Å². The molecule has 1 saturated heterocycles. The van der Waals surface area contributed by atoms with Gasteiger partial charge in [0.05, 0.1) is 25.6 Å². The summed E-state index contributed by atoms with van der Waals surface area (Å²) in [5, 5.41) is 0. The van der Waals surface area contributed by atoms with Gasteiger partial charge in [-0.25, -0.2) is 0 Å². The van der Waals surface area contributed by atoms with E-state index in [0.29, 0.717) is 6.61 Å². The summed E-state index contributed by atoms with van der Waals surface area (Å²) in [6.45, 7) is 0.362. The second kappa shape index (κ2) is 5.12. The average molecular weight is 272 g/mol. The maximum atomic E-state index is 12.0. The van der Waals surface area contributed by atoms with E-state index in [9.17, 15) is 9.59 Å². The van der Waals surface area contributed by atoms with Gasteiger partial charge < -0.3 is 9.47 Å². The van der Waals surface area contributed by atoms with Gasteiger partial charge in [-0.15, -0.1) is 0 Å². The minimum absolute atomic E-state index is 0.000926. The van der Waals surface area contributed by atoms with E-state index in [4.69, 9.17) is 9.47 Å². The smallest absolute Gasteiger partial charge is 0.313 e. The molecule has 1 fully saturated rings. The summed E-state index contributed by atoms with van der Waals surface area (Å²) in [5.74, 6) is -1.53. The van der Waals surface area contributed by atoms with Gasteiger partial charge in [0.1, 0.15) is 0 Å². The van der Waals surface area contributed by atoms with Crippen LogP contribution in [0.2, 0.25) is 0 Å². The van der Waals surface area contributed by atoms with Crippen LogP contribution < -0.4 is 0 Å². The van der Waals surface area contributed by atoms with Crippen LogP contribution in [-0.2, 0) is 19.1 Å². The summed E-state index contributed by atoms with van der Waals surface area (Å²) in [5.41, 5.74) is 1.14. The van der Waals surface area contributed by atoms with Crippen LogP contribution in [0.4, 0.5) is 0 Å². The van der Waals surface area contributed by atoms with Crippen LogP contribution in [0.3, 0.4) is 0 Å². The Morgan fingerprint density at radius 1 is 1.25 bits per heavy atom. The Bertz CT molecular complexity index is 549. The largest absolute Gasteiger partial charge is 0.469 e. The number of ether oxygens (including phenoxy) is 2. The van der Waals surface area contributed by atoms with Gasteiger partial charge in [0.15, 0.2) is 0 Å². The number of fused-ring (bicyclic) bond motifs is 1. The minimum atomic E-state index is -0.528. The topological polar surface area (TPSA) is 52.6 Å². The van der Waals surface area contributed by atoms with Gasteiger partial charge in [-0.2, -0.15) is 0 Å². The van der Waals surface area contributed by atoms with Gasteiger partial charge in [-0.1, -0.05) is 42.5 Å². The fourth-order valence-corrected chi connectivity index (χ4v) is 3.19. The molecule has 0 saturated carbocycles. The zero-order valence-electron chi connectivity index (χ0n) is 11.2. The van der Waals surface area contributed by atoms with Crippen molar-refractivity contribution in [3.63, 3.8) is 0 Å². The summed E-state index contributed by atoms with van der Waals surface area (Å²) in [7, 11) is 1.34. The molecular formula is C16H16O4. The number of allylic oxidation sites excluding steroid dienone is 1. The van der Waals surface area contributed by atoms with Crippen LogP contribution in [0.1, 0.15) is 11.5 Å². The lowest BCUT2D eigenvalue weighted by Gasteiger charge is -2.30. The molecule has 0 bridgehead atoms. The van der Waals surface area contributed by atoms with Crippen LogP contribution in [0.5, 0.6) is 0 Å².